The third kappa shape index (κ3) is 3.81. The van der Waals surface area contributed by atoms with Crippen LogP contribution in [0.3, 0.4) is 0 Å². The first-order valence-electron chi connectivity index (χ1n) is 9.14. The average Bonchev–Trinajstić information content (AvgIpc) is 2.91. The van der Waals surface area contributed by atoms with Crippen LogP contribution in [0.15, 0.2) is 35.4 Å². The smallest absolute Gasteiger partial charge is 0.335 e. The minimum absolute atomic E-state index is 0.000329. The summed E-state index contributed by atoms with van der Waals surface area (Å²) in [5, 5.41) is 2.75. The topological polar surface area (TPSA) is 92.8 Å². The molecular formula is C19H23FN2O5S. The standard InChI is InChI=1S/C19H23FN2O5S/c1-3-28(25,26)22-10-8-19(9-11-22)16(13(2)18(24)27-19)17(23)21-12-14-4-6-15(20)7-5-14/h4-7H,3,8-12H2,1-2H3,(H,21,23). The molecule has 28 heavy (non-hydrogen) atoms. The summed E-state index contributed by atoms with van der Waals surface area (Å²) in [6, 6.07) is 5.74. The molecule has 1 saturated heterocycles. The van der Waals surface area contributed by atoms with Gasteiger partial charge in [-0.25, -0.2) is 21.9 Å². The number of esters is 1. The number of carbonyl (C=O) groups excluding carboxylic acids is 2. The first-order chi connectivity index (χ1) is 13.2. The summed E-state index contributed by atoms with van der Waals surface area (Å²) >= 11 is 0. The lowest BCUT2D eigenvalue weighted by Crippen LogP contribution is -2.50. The van der Waals surface area contributed by atoms with Crippen LogP contribution in [0, 0.1) is 5.82 Å². The molecule has 0 aromatic heterocycles. The predicted octanol–water partition coefficient (Wildman–Crippen LogP) is 1.50. The molecule has 0 unspecified atom stereocenters. The number of hydrogen-bond acceptors (Lipinski definition) is 5. The van der Waals surface area contributed by atoms with Crippen LogP contribution < -0.4 is 5.32 Å². The van der Waals surface area contributed by atoms with Gasteiger partial charge < -0.3 is 10.1 Å². The minimum Gasteiger partial charge on any atom is -0.450 e. The lowest BCUT2D eigenvalue weighted by molar-refractivity contribution is -0.150. The second-order valence-corrected chi connectivity index (χ2v) is 9.25. The third-order valence-corrected chi connectivity index (χ3v) is 7.19. The monoisotopic (exact) mass is 410 g/mol. The molecule has 1 amide bonds. The molecule has 152 valence electrons. The van der Waals surface area contributed by atoms with E-state index in [1.165, 1.54) is 16.4 Å². The maximum atomic E-state index is 13.0. The van der Waals surface area contributed by atoms with Gasteiger partial charge in [0, 0.05) is 38.0 Å². The number of ether oxygens (including phenoxy) is 1. The number of sulfonamides is 1. The van der Waals surface area contributed by atoms with Crippen molar-refractivity contribution in [2.24, 2.45) is 0 Å². The number of rotatable bonds is 5. The molecule has 2 heterocycles. The fourth-order valence-corrected chi connectivity index (χ4v) is 4.76. The molecule has 2 aliphatic rings. The van der Waals surface area contributed by atoms with Crippen molar-refractivity contribution in [1.29, 1.82) is 0 Å². The van der Waals surface area contributed by atoms with Gasteiger partial charge in [-0.2, -0.15) is 0 Å². The second kappa shape index (κ2) is 7.63. The van der Waals surface area contributed by atoms with Gasteiger partial charge in [0.15, 0.2) is 0 Å². The maximum absolute atomic E-state index is 13.0. The van der Waals surface area contributed by atoms with Crippen LogP contribution >= 0.6 is 0 Å². The van der Waals surface area contributed by atoms with Crippen LogP contribution in [-0.2, 0) is 30.9 Å². The van der Waals surface area contributed by atoms with Gasteiger partial charge >= 0.3 is 5.97 Å². The molecule has 2 aliphatic heterocycles. The van der Waals surface area contributed by atoms with Gasteiger partial charge in [-0.05, 0) is 31.5 Å². The maximum Gasteiger partial charge on any atom is 0.335 e. The Morgan fingerprint density at radius 3 is 2.43 bits per heavy atom. The molecule has 1 aromatic rings. The number of halogens is 1. The van der Waals surface area contributed by atoms with Crippen molar-refractivity contribution in [3.63, 3.8) is 0 Å². The van der Waals surface area contributed by atoms with E-state index < -0.39 is 27.5 Å². The SMILES string of the molecule is CCS(=O)(=O)N1CCC2(CC1)OC(=O)C(C)=C2C(=O)NCc1ccc(F)cc1. The predicted molar refractivity (Wildman–Crippen MR) is 100 cm³/mol. The Morgan fingerprint density at radius 2 is 1.86 bits per heavy atom. The Bertz CT molecular complexity index is 916. The molecule has 1 N–H and O–H groups in total. The number of nitrogens with zero attached hydrogens (tertiary/aromatic N) is 1. The van der Waals surface area contributed by atoms with E-state index in [-0.39, 0.29) is 55.2 Å². The summed E-state index contributed by atoms with van der Waals surface area (Å²) in [6.07, 6.45) is 0.462. The van der Waals surface area contributed by atoms with Gasteiger partial charge in [-0.3, -0.25) is 4.79 Å². The van der Waals surface area contributed by atoms with Crippen molar-refractivity contribution in [3.05, 3.63) is 46.8 Å². The first-order valence-corrected chi connectivity index (χ1v) is 10.7. The van der Waals surface area contributed by atoms with Crippen molar-refractivity contribution >= 4 is 21.9 Å². The number of amides is 1. The molecule has 3 rings (SSSR count). The second-order valence-electron chi connectivity index (χ2n) is 6.99. The number of benzene rings is 1. The van der Waals surface area contributed by atoms with E-state index in [1.807, 2.05) is 0 Å². The van der Waals surface area contributed by atoms with E-state index >= 15 is 0 Å². The molecule has 0 saturated carbocycles. The summed E-state index contributed by atoms with van der Waals surface area (Å²) in [7, 11) is -3.34. The van der Waals surface area contributed by atoms with E-state index in [1.54, 1.807) is 26.0 Å². The van der Waals surface area contributed by atoms with Gasteiger partial charge in [0.25, 0.3) is 5.91 Å². The fraction of sp³-hybridized carbons (Fsp3) is 0.474. The van der Waals surface area contributed by atoms with E-state index in [4.69, 9.17) is 4.74 Å². The van der Waals surface area contributed by atoms with Crippen LogP contribution in [0.25, 0.3) is 0 Å². The molecule has 7 nitrogen and oxygen atoms in total. The Balaban J connectivity index is 1.75. The Kier molecular flexibility index (Phi) is 5.58. The van der Waals surface area contributed by atoms with Crippen LogP contribution in [-0.4, -0.2) is 49.0 Å². The van der Waals surface area contributed by atoms with Crippen LogP contribution in [0.4, 0.5) is 4.39 Å². The zero-order chi connectivity index (χ0) is 20.5. The highest BCUT2D eigenvalue weighted by atomic mass is 32.2. The number of nitrogens with one attached hydrogen (secondary N) is 1. The highest BCUT2D eigenvalue weighted by molar-refractivity contribution is 7.89. The fourth-order valence-electron chi connectivity index (χ4n) is 3.66. The van der Waals surface area contributed by atoms with Crippen molar-refractivity contribution in [3.8, 4) is 0 Å². The summed E-state index contributed by atoms with van der Waals surface area (Å²) in [5.74, 6) is -1.35. The van der Waals surface area contributed by atoms with Crippen molar-refractivity contribution in [2.45, 2.75) is 38.8 Å². The van der Waals surface area contributed by atoms with Crippen molar-refractivity contribution in [2.75, 3.05) is 18.8 Å². The van der Waals surface area contributed by atoms with E-state index in [9.17, 15) is 22.4 Å². The molecule has 0 bridgehead atoms. The third-order valence-electron chi connectivity index (χ3n) is 5.31. The molecule has 0 radical (unpaired) electrons. The van der Waals surface area contributed by atoms with Gasteiger partial charge in [0.1, 0.15) is 11.4 Å². The van der Waals surface area contributed by atoms with Crippen LogP contribution in [0.1, 0.15) is 32.3 Å². The highest BCUT2D eigenvalue weighted by Crippen LogP contribution is 2.41. The summed E-state index contributed by atoms with van der Waals surface area (Å²) in [4.78, 5) is 25.0. The Morgan fingerprint density at radius 1 is 1.25 bits per heavy atom. The highest BCUT2D eigenvalue weighted by Gasteiger charge is 2.51. The number of hydrogen-bond donors (Lipinski definition) is 1. The molecule has 0 atom stereocenters. The van der Waals surface area contributed by atoms with Crippen LogP contribution in [0.2, 0.25) is 0 Å². The minimum atomic E-state index is -3.34. The molecule has 1 spiro atoms. The largest absolute Gasteiger partial charge is 0.450 e. The van der Waals surface area contributed by atoms with E-state index in [0.29, 0.717) is 0 Å². The van der Waals surface area contributed by atoms with Crippen molar-refractivity contribution < 1.29 is 27.1 Å². The van der Waals surface area contributed by atoms with Gasteiger partial charge in [-0.15, -0.1) is 0 Å². The zero-order valence-corrected chi connectivity index (χ0v) is 16.6. The lowest BCUT2D eigenvalue weighted by Gasteiger charge is -2.38. The lowest BCUT2D eigenvalue weighted by atomic mass is 9.83. The summed E-state index contributed by atoms with van der Waals surface area (Å²) < 4.78 is 44.1. The van der Waals surface area contributed by atoms with E-state index in [2.05, 4.69) is 5.32 Å². The normalized spacial score (nSPS) is 19.8. The quantitative estimate of drug-likeness (QED) is 0.743. The Hall–Kier alpha value is -2.26. The van der Waals surface area contributed by atoms with Crippen LogP contribution in [0.5, 0.6) is 0 Å². The van der Waals surface area contributed by atoms with Crippen molar-refractivity contribution in [1.82, 2.24) is 9.62 Å². The molecule has 1 aromatic carbocycles. The summed E-state index contributed by atoms with van der Waals surface area (Å²) in [5.41, 5.74) is 0.112. The van der Waals surface area contributed by atoms with Gasteiger partial charge in [0.2, 0.25) is 10.0 Å². The number of piperidine rings is 1. The Labute approximate surface area is 163 Å². The first kappa shape index (κ1) is 20.5. The summed E-state index contributed by atoms with van der Waals surface area (Å²) in [6.45, 7) is 3.67. The zero-order valence-electron chi connectivity index (χ0n) is 15.8. The van der Waals surface area contributed by atoms with E-state index in [0.717, 1.165) is 5.56 Å². The van der Waals surface area contributed by atoms with Gasteiger partial charge in [0.05, 0.1) is 11.3 Å². The average molecular weight is 410 g/mol. The molecule has 0 aliphatic carbocycles. The van der Waals surface area contributed by atoms with Gasteiger partial charge in [-0.1, -0.05) is 12.1 Å². The number of carbonyl (C=O) groups is 2. The molecule has 1 fully saturated rings. The molecular weight excluding hydrogens is 387 g/mol. The molecule has 9 heteroatoms.